The molecule has 1 unspecified atom stereocenters. The Hall–Kier alpha value is -3.79. The molecule has 3 aromatic heterocycles. The first-order valence-corrected chi connectivity index (χ1v) is 9.69. The highest BCUT2D eigenvalue weighted by Gasteiger charge is 2.36. The number of methoxy groups -OCH3 is 1. The molecule has 1 atom stereocenters. The van der Waals surface area contributed by atoms with E-state index in [0.29, 0.717) is 58.5 Å². The molecule has 1 aromatic carbocycles. The molecule has 0 saturated carbocycles. The Morgan fingerprint density at radius 1 is 1.19 bits per heavy atom. The van der Waals surface area contributed by atoms with Crippen molar-refractivity contribution in [2.75, 3.05) is 19.0 Å². The number of carbonyl (C=O) groups excluding carboxylic acids is 1. The summed E-state index contributed by atoms with van der Waals surface area (Å²) in [5.74, 6) is 1.38. The number of nitrogens with zero attached hydrogens (tertiary/aromatic N) is 6. The van der Waals surface area contributed by atoms with Crippen LogP contribution in [-0.2, 0) is 11.3 Å². The Bertz CT molecular complexity index is 1280. The molecule has 0 bridgehead atoms. The van der Waals surface area contributed by atoms with Crippen molar-refractivity contribution in [1.82, 2.24) is 29.5 Å². The summed E-state index contributed by atoms with van der Waals surface area (Å²) in [6.45, 7) is 2.86. The van der Waals surface area contributed by atoms with E-state index in [4.69, 9.17) is 9.47 Å². The van der Waals surface area contributed by atoms with Crippen molar-refractivity contribution in [1.29, 1.82) is 0 Å². The van der Waals surface area contributed by atoms with Crippen molar-refractivity contribution < 1.29 is 14.3 Å². The number of aryl methyl sites for hydroxylation is 1. The smallest absolute Gasteiger partial charge is 0.239 e. The highest BCUT2D eigenvalue weighted by Crippen LogP contribution is 2.39. The first-order chi connectivity index (χ1) is 15.1. The van der Waals surface area contributed by atoms with Crippen molar-refractivity contribution in [3.63, 3.8) is 0 Å². The van der Waals surface area contributed by atoms with Gasteiger partial charge in [0, 0.05) is 35.6 Å². The zero-order valence-corrected chi connectivity index (χ0v) is 18.2. The van der Waals surface area contributed by atoms with Gasteiger partial charge in [-0.05, 0) is 13.0 Å². The van der Waals surface area contributed by atoms with Gasteiger partial charge in [-0.25, -0.2) is 24.9 Å². The minimum Gasteiger partial charge on any atom is -0.493 e. The molecule has 0 saturated heterocycles. The van der Waals surface area contributed by atoms with Crippen LogP contribution in [0.1, 0.15) is 23.0 Å². The summed E-state index contributed by atoms with van der Waals surface area (Å²) < 4.78 is 13.4. The van der Waals surface area contributed by atoms with Gasteiger partial charge in [0.25, 0.3) is 0 Å². The lowest BCUT2D eigenvalue weighted by molar-refractivity contribution is -0.116. The van der Waals surface area contributed by atoms with Crippen LogP contribution in [-0.4, -0.2) is 49.1 Å². The van der Waals surface area contributed by atoms with Crippen LogP contribution in [0.25, 0.3) is 10.9 Å². The molecule has 1 aliphatic heterocycles. The van der Waals surface area contributed by atoms with Gasteiger partial charge in [-0.1, -0.05) is 0 Å². The first-order valence-electron chi connectivity index (χ1n) is 9.69. The maximum Gasteiger partial charge on any atom is 0.239 e. The number of fused-ring (bicyclic) bond motifs is 2. The van der Waals surface area contributed by atoms with Crippen LogP contribution in [0.15, 0.2) is 43.4 Å². The number of rotatable bonds is 6. The van der Waals surface area contributed by atoms with Crippen LogP contribution in [0, 0.1) is 6.92 Å². The molecule has 1 aliphatic rings. The molecule has 1 amide bonds. The number of carbonyl (C=O) groups is 1. The highest BCUT2D eigenvalue weighted by molar-refractivity contribution is 6.05. The lowest BCUT2D eigenvalue weighted by Crippen LogP contribution is -2.15. The minimum absolute atomic E-state index is 0. The van der Waals surface area contributed by atoms with E-state index >= 15 is 0 Å². The fourth-order valence-electron chi connectivity index (χ4n) is 3.66. The van der Waals surface area contributed by atoms with Crippen molar-refractivity contribution in [2.24, 2.45) is 0 Å². The quantitative estimate of drug-likeness (QED) is 0.473. The molecule has 11 heteroatoms. The topological polar surface area (TPSA) is 117 Å². The number of nitrogens with one attached hydrogen (secondary N) is 1. The maximum atomic E-state index is 12.8. The number of amides is 1. The second-order valence-corrected chi connectivity index (χ2v) is 7.07. The number of hydrogen-bond donors (Lipinski definition) is 1. The van der Waals surface area contributed by atoms with Crippen LogP contribution in [0.3, 0.4) is 0 Å². The fraction of sp³-hybridized carbons (Fsp3) is 0.238. The van der Waals surface area contributed by atoms with E-state index in [9.17, 15) is 4.79 Å². The molecule has 0 spiro atoms. The molecule has 0 fully saturated rings. The van der Waals surface area contributed by atoms with Gasteiger partial charge in [0.05, 0.1) is 31.2 Å². The third-order valence-corrected chi connectivity index (χ3v) is 5.14. The van der Waals surface area contributed by atoms with E-state index in [1.54, 1.807) is 44.9 Å². The number of imidazole rings is 1. The lowest BCUT2D eigenvalue weighted by atomic mass is 9.96. The number of benzene rings is 1. The van der Waals surface area contributed by atoms with Gasteiger partial charge in [0.1, 0.15) is 30.5 Å². The molecule has 32 heavy (non-hydrogen) atoms. The van der Waals surface area contributed by atoms with Crippen molar-refractivity contribution >= 4 is 35.0 Å². The van der Waals surface area contributed by atoms with Crippen LogP contribution in [0.4, 0.5) is 5.82 Å². The number of anilines is 1. The summed E-state index contributed by atoms with van der Waals surface area (Å²) >= 11 is 0. The monoisotopic (exact) mass is 453 g/mol. The predicted octanol–water partition coefficient (Wildman–Crippen LogP) is 2.52. The van der Waals surface area contributed by atoms with E-state index in [0.717, 1.165) is 0 Å². The summed E-state index contributed by atoms with van der Waals surface area (Å²) in [7, 11) is 1.57. The summed E-state index contributed by atoms with van der Waals surface area (Å²) in [5, 5.41) is 3.52. The van der Waals surface area contributed by atoms with Crippen LogP contribution < -0.4 is 14.8 Å². The van der Waals surface area contributed by atoms with Crippen molar-refractivity contribution in [3.8, 4) is 11.5 Å². The number of ether oxygens (including phenoxy) is 2. The lowest BCUT2D eigenvalue weighted by Gasteiger charge is -2.15. The highest BCUT2D eigenvalue weighted by atomic mass is 35.5. The molecular formula is C21H20ClN7O3. The van der Waals surface area contributed by atoms with Gasteiger partial charge >= 0.3 is 0 Å². The van der Waals surface area contributed by atoms with Gasteiger partial charge < -0.3 is 19.4 Å². The second-order valence-electron chi connectivity index (χ2n) is 7.07. The number of hydrogen-bond acceptors (Lipinski definition) is 8. The predicted molar refractivity (Wildman–Crippen MR) is 118 cm³/mol. The van der Waals surface area contributed by atoms with E-state index in [2.05, 4.69) is 30.2 Å². The van der Waals surface area contributed by atoms with Crippen molar-refractivity contribution in [2.45, 2.75) is 19.4 Å². The largest absolute Gasteiger partial charge is 0.493 e. The van der Waals surface area contributed by atoms with Crippen LogP contribution >= 0.6 is 12.4 Å². The molecule has 5 rings (SSSR count). The average Bonchev–Trinajstić information content (AvgIpc) is 3.39. The summed E-state index contributed by atoms with van der Waals surface area (Å²) in [6, 6.07) is 3.60. The molecule has 10 nitrogen and oxygen atoms in total. The van der Waals surface area contributed by atoms with E-state index in [1.165, 1.54) is 6.33 Å². The normalized spacial score (nSPS) is 14.6. The Morgan fingerprint density at radius 3 is 2.84 bits per heavy atom. The molecular weight excluding hydrogens is 434 g/mol. The van der Waals surface area contributed by atoms with E-state index in [-0.39, 0.29) is 18.3 Å². The van der Waals surface area contributed by atoms with Crippen LogP contribution in [0.5, 0.6) is 11.5 Å². The van der Waals surface area contributed by atoms with Gasteiger partial charge in [-0.15, -0.1) is 12.4 Å². The molecule has 4 aromatic rings. The number of aromatic nitrogens is 6. The summed E-state index contributed by atoms with van der Waals surface area (Å²) in [4.78, 5) is 34.2. The molecule has 164 valence electrons. The fourth-order valence-corrected chi connectivity index (χ4v) is 3.66. The molecule has 4 heterocycles. The Kier molecular flexibility index (Phi) is 5.87. The maximum absolute atomic E-state index is 12.8. The molecule has 0 aliphatic carbocycles. The Morgan fingerprint density at radius 2 is 2.06 bits per heavy atom. The third-order valence-electron chi connectivity index (χ3n) is 5.14. The van der Waals surface area contributed by atoms with Gasteiger partial charge in [0.15, 0.2) is 11.5 Å². The standard InChI is InChI=1S/C21H19N7O3.ClH/c1-12-23-9-14-18(21(29)27-20(14)26-12)19-13-7-16(30-2)17(8-15(13)24-10-25-19)31-6-5-28-4-3-22-11-28;/h3-4,7-11,18H,5-6H2,1-2H3,(H,23,26,27,29);1H. The first kappa shape index (κ1) is 21.4. The minimum atomic E-state index is -0.626. The summed E-state index contributed by atoms with van der Waals surface area (Å²) in [6.07, 6.45) is 8.43. The number of halogens is 1. The van der Waals surface area contributed by atoms with Crippen molar-refractivity contribution in [3.05, 3.63) is 60.5 Å². The van der Waals surface area contributed by atoms with E-state index < -0.39 is 5.92 Å². The van der Waals surface area contributed by atoms with Crippen LogP contribution in [0.2, 0.25) is 0 Å². The molecule has 1 N–H and O–H groups in total. The van der Waals surface area contributed by atoms with E-state index in [1.807, 2.05) is 10.8 Å². The molecule has 0 radical (unpaired) electrons. The van der Waals surface area contributed by atoms with Gasteiger partial charge in [-0.3, -0.25) is 4.79 Å². The average molecular weight is 454 g/mol. The second kappa shape index (κ2) is 8.75. The Balaban J connectivity index is 0.00000245. The zero-order valence-electron chi connectivity index (χ0n) is 17.3. The zero-order chi connectivity index (χ0) is 21.4. The van der Waals surface area contributed by atoms with Gasteiger partial charge in [0.2, 0.25) is 5.91 Å². The summed E-state index contributed by atoms with van der Waals surface area (Å²) in [5.41, 5.74) is 1.91. The SMILES string of the molecule is COc1cc2c(C3C(=O)Nc4nc(C)ncc43)ncnc2cc1OCCn1ccnc1.Cl. The Labute approximate surface area is 189 Å². The third kappa shape index (κ3) is 3.80. The van der Waals surface area contributed by atoms with Gasteiger partial charge in [-0.2, -0.15) is 0 Å².